The summed E-state index contributed by atoms with van der Waals surface area (Å²) < 4.78 is 27.4. The van der Waals surface area contributed by atoms with Crippen molar-refractivity contribution in [3.8, 4) is 0 Å². The second-order valence-corrected chi connectivity index (χ2v) is 6.81. The van der Waals surface area contributed by atoms with E-state index >= 15 is 0 Å². The summed E-state index contributed by atoms with van der Waals surface area (Å²) in [6.45, 7) is 5.40. The Morgan fingerprint density at radius 2 is 1.89 bits per heavy atom. The van der Waals surface area contributed by atoms with E-state index in [1.54, 1.807) is 12.1 Å². The fraction of sp³-hybridized carbons (Fsp3) is 0.500. The highest BCUT2D eigenvalue weighted by atomic mass is 79.9. The first kappa shape index (κ1) is 15.6. The molecule has 102 valence electrons. The fourth-order valence-corrected chi connectivity index (χ4v) is 4.04. The van der Waals surface area contributed by atoms with Gasteiger partial charge in [-0.3, -0.25) is 0 Å². The Labute approximate surface area is 117 Å². The first-order valence-corrected chi connectivity index (χ1v) is 7.99. The van der Waals surface area contributed by atoms with Crippen LogP contribution in [0.4, 0.5) is 0 Å². The maximum Gasteiger partial charge on any atom is 0.242 e. The molecular formula is C12H18BrNO3S. The topological polar surface area (TPSA) is 66.4 Å². The summed E-state index contributed by atoms with van der Waals surface area (Å²) in [7, 11) is -3.61. The largest absolute Gasteiger partial charge is 0.395 e. The first-order chi connectivity index (χ1) is 8.31. The lowest BCUT2D eigenvalue weighted by Crippen LogP contribution is -2.37. The zero-order chi connectivity index (χ0) is 13.9. The van der Waals surface area contributed by atoms with E-state index in [1.165, 1.54) is 0 Å². The third-order valence-corrected chi connectivity index (χ3v) is 5.35. The number of hydrogen-bond acceptors (Lipinski definition) is 3. The van der Waals surface area contributed by atoms with E-state index in [0.717, 1.165) is 11.1 Å². The van der Waals surface area contributed by atoms with Crippen molar-refractivity contribution in [3.63, 3.8) is 0 Å². The Bertz CT molecular complexity index is 524. The van der Waals surface area contributed by atoms with E-state index < -0.39 is 16.1 Å². The molecule has 0 saturated carbocycles. The Hall–Kier alpha value is -0.430. The Kier molecular flexibility index (Phi) is 5.33. The lowest BCUT2D eigenvalue weighted by atomic mass is 10.1. The zero-order valence-electron chi connectivity index (χ0n) is 10.7. The van der Waals surface area contributed by atoms with Gasteiger partial charge in [0.1, 0.15) is 0 Å². The van der Waals surface area contributed by atoms with Gasteiger partial charge >= 0.3 is 0 Å². The molecule has 0 saturated heterocycles. The molecule has 0 heterocycles. The van der Waals surface area contributed by atoms with Gasteiger partial charge in [0.2, 0.25) is 10.0 Å². The second-order valence-electron chi connectivity index (χ2n) is 4.28. The van der Waals surface area contributed by atoms with Gasteiger partial charge in [-0.15, -0.1) is 0 Å². The second kappa shape index (κ2) is 6.14. The van der Waals surface area contributed by atoms with E-state index in [-0.39, 0.29) is 11.5 Å². The smallest absolute Gasteiger partial charge is 0.242 e. The Balaban J connectivity index is 3.16. The number of halogens is 1. The minimum atomic E-state index is -3.61. The molecular weight excluding hydrogens is 318 g/mol. The van der Waals surface area contributed by atoms with Crippen molar-refractivity contribution < 1.29 is 13.5 Å². The fourth-order valence-electron chi connectivity index (χ4n) is 1.49. The van der Waals surface area contributed by atoms with Crippen LogP contribution in [0, 0.1) is 13.8 Å². The molecule has 0 aliphatic rings. The van der Waals surface area contributed by atoms with Crippen molar-refractivity contribution in [1.29, 1.82) is 0 Å². The molecule has 0 aromatic heterocycles. The number of benzene rings is 1. The molecule has 0 amide bonds. The molecule has 0 aliphatic carbocycles. The summed E-state index contributed by atoms with van der Waals surface area (Å²) in [5.41, 5.74) is 1.94. The Morgan fingerprint density at radius 1 is 1.33 bits per heavy atom. The van der Waals surface area contributed by atoms with E-state index in [4.69, 9.17) is 5.11 Å². The van der Waals surface area contributed by atoms with Crippen LogP contribution in [0.2, 0.25) is 0 Å². The molecule has 0 bridgehead atoms. The van der Waals surface area contributed by atoms with Crippen LogP contribution in [0.5, 0.6) is 0 Å². The molecule has 0 unspecified atom stereocenters. The van der Waals surface area contributed by atoms with Crippen LogP contribution in [-0.2, 0) is 10.0 Å². The summed E-state index contributed by atoms with van der Waals surface area (Å²) in [5, 5.41) is 9.07. The average molecular weight is 336 g/mol. The summed E-state index contributed by atoms with van der Waals surface area (Å²) in [4.78, 5) is 0.206. The number of aliphatic hydroxyl groups is 1. The lowest BCUT2D eigenvalue weighted by molar-refractivity contribution is 0.254. The first-order valence-electron chi connectivity index (χ1n) is 5.71. The number of sulfonamides is 1. The van der Waals surface area contributed by atoms with Gasteiger partial charge in [-0.1, -0.05) is 6.92 Å². The van der Waals surface area contributed by atoms with E-state index in [9.17, 15) is 8.42 Å². The van der Waals surface area contributed by atoms with Crippen LogP contribution in [-0.4, -0.2) is 26.2 Å². The maximum absolute atomic E-state index is 12.2. The molecule has 0 spiro atoms. The predicted octanol–water partition coefficient (Wildman–Crippen LogP) is 2.12. The minimum Gasteiger partial charge on any atom is -0.395 e. The van der Waals surface area contributed by atoms with Crippen LogP contribution < -0.4 is 4.72 Å². The van der Waals surface area contributed by atoms with Gasteiger partial charge in [0, 0.05) is 10.5 Å². The molecule has 2 N–H and O–H groups in total. The van der Waals surface area contributed by atoms with Gasteiger partial charge in [-0.25, -0.2) is 13.1 Å². The van der Waals surface area contributed by atoms with Gasteiger partial charge in [0.15, 0.2) is 0 Å². The van der Waals surface area contributed by atoms with Crippen LogP contribution in [0.15, 0.2) is 21.5 Å². The van der Waals surface area contributed by atoms with Gasteiger partial charge in [0.25, 0.3) is 0 Å². The number of nitrogens with one attached hydrogen (secondary N) is 1. The van der Waals surface area contributed by atoms with Crippen LogP contribution >= 0.6 is 15.9 Å². The molecule has 0 fully saturated rings. The molecule has 6 heteroatoms. The SMILES string of the molecule is CC[C@H](CO)NS(=O)(=O)c1cc(C)c(C)cc1Br. The molecule has 0 radical (unpaired) electrons. The van der Waals surface area contributed by atoms with Gasteiger partial charge in [0.05, 0.1) is 11.5 Å². The maximum atomic E-state index is 12.2. The van der Waals surface area contributed by atoms with Crippen molar-refractivity contribution in [2.24, 2.45) is 0 Å². The molecule has 1 aromatic carbocycles. The quantitative estimate of drug-likeness (QED) is 0.866. The van der Waals surface area contributed by atoms with E-state index in [0.29, 0.717) is 10.9 Å². The zero-order valence-corrected chi connectivity index (χ0v) is 13.1. The number of aliphatic hydroxyl groups excluding tert-OH is 1. The summed E-state index contributed by atoms with van der Waals surface area (Å²) >= 11 is 3.27. The summed E-state index contributed by atoms with van der Waals surface area (Å²) in [5.74, 6) is 0. The van der Waals surface area contributed by atoms with Crippen LogP contribution in [0.25, 0.3) is 0 Å². The monoisotopic (exact) mass is 335 g/mol. The van der Waals surface area contributed by atoms with Crippen molar-refractivity contribution in [2.75, 3.05) is 6.61 Å². The van der Waals surface area contributed by atoms with Gasteiger partial charge in [-0.05, 0) is 59.5 Å². The summed E-state index contributed by atoms with van der Waals surface area (Å²) in [6.07, 6.45) is 0.540. The van der Waals surface area contributed by atoms with Crippen molar-refractivity contribution >= 4 is 26.0 Å². The van der Waals surface area contributed by atoms with Crippen molar-refractivity contribution in [2.45, 2.75) is 38.1 Å². The van der Waals surface area contributed by atoms with Gasteiger partial charge in [-0.2, -0.15) is 0 Å². The van der Waals surface area contributed by atoms with Gasteiger partial charge < -0.3 is 5.11 Å². The Morgan fingerprint density at radius 3 is 2.39 bits per heavy atom. The highest BCUT2D eigenvalue weighted by Crippen LogP contribution is 2.25. The third-order valence-electron chi connectivity index (χ3n) is 2.87. The lowest BCUT2D eigenvalue weighted by Gasteiger charge is -2.16. The highest BCUT2D eigenvalue weighted by Gasteiger charge is 2.21. The van der Waals surface area contributed by atoms with Crippen molar-refractivity contribution in [3.05, 3.63) is 27.7 Å². The third kappa shape index (κ3) is 3.54. The number of hydrogen-bond donors (Lipinski definition) is 2. The van der Waals surface area contributed by atoms with Crippen LogP contribution in [0.3, 0.4) is 0 Å². The predicted molar refractivity (Wildman–Crippen MR) is 75.1 cm³/mol. The normalized spacial score (nSPS) is 13.6. The molecule has 1 atom stereocenters. The number of rotatable bonds is 5. The molecule has 4 nitrogen and oxygen atoms in total. The van der Waals surface area contributed by atoms with Crippen LogP contribution in [0.1, 0.15) is 24.5 Å². The molecule has 18 heavy (non-hydrogen) atoms. The standard InChI is InChI=1S/C12H18BrNO3S/c1-4-10(7-15)14-18(16,17)12-6-9(3)8(2)5-11(12)13/h5-6,10,14-15H,4,7H2,1-3H3/t10-/m1/s1. The van der Waals surface area contributed by atoms with E-state index in [1.807, 2.05) is 20.8 Å². The molecule has 0 aliphatic heterocycles. The summed E-state index contributed by atoms with van der Waals surface area (Å²) in [6, 6.07) is 2.96. The van der Waals surface area contributed by atoms with Crippen molar-refractivity contribution in [1.82, 2.24) is 4.72 Å². The molecule has 1 aromatic rings. The average Bonchev–Trinajstić information content (AvgIpc) is 2.30. The minimum absolute atomic E-state index is 0.206. The van der Waals surface area contributed by atoms with E-state index in [2.05, 4.69) is 20.7 Å². The highest BCUT2D eigenvalue weighted by molar-refractivity contribution is 9.10. The number of aryl methyl sites for hydroxylation is 2. The molecule has 1 rings (SSSR count).